The molecule has 0 spiro atoms. The molecule has 7 nitrogen and oxygen atoms in total. The highest BCUT2D eigenvalue weighted by atomic mass is 16.6. The van der Waals surface area contributed by atoms with Gasteiger partial charge in [-0.15, -0.1) is 0 Å². The van der Waals surface area contributed by atoms with E-state index in [9.17, 15) is 30.0 Å². The van der Waals surface area contributed by atoms with Crippen molar-refractivity contribution in [2.24, 2.45) is 0 Å². The number of unbranched alkanes of at least 4 members (excludes halogenated alkanes) is 18. The molecule has 1 aliphatic rings. The van der Waals surface area contributed by atoms with Crippen molar-refractivity contribution in [3.63, 3.8) is 0 Å². The van der Waals surface area contributed by atoms with E-state index >= 15 is 0 Å². The van der Waals surface area contributed by atoms with Crippen molar-refractivity contribution in [3.8, 4) is 0 Å². The molecule has 204 valence electrons. The maximum atomic E-state index is 12.1. The van der Waals surface area contributed by atoms with E-state index in [0.29, 0.717) is 6.42 Å². The summed E-state index contributed by atoms with van der Waals surface area (Å²) in [6.07, 6.45) is 18.9. The fourth-order valence-corrected chi connectivity index (χ4v) is 4.58. The van der Waals surface area contributed by atoms with Gasteiger partial charge in [0, 0.05) is 6.42 Å². The number of carbonyl (C=O) groups is 2. The zero-order chi connectivity index (χ0) is 25.9. The number of carbonyl (C=O) groups excluding carboxylic acids is 2. The van der Waals surface area contributed by atoms with Crippen molar-refractivity contribution in [1.29, 1.82) is 0 Å². The van der Waals surface area contributed by atoms with Gasteiger partial charge < -0.3 is 25.2 Å². The molecule has 3 atom stereocenters. The third-order valence-corrected chi connectivity index (χ3v) is 6.93. The van der Waals surface area contributed by atoms with Gasteiger partial charge >= 0.3 is 5.97 Å². The zero-order valence-electron chi connectivity index (χ0n) is 21.9. The lowest BCUT2D eigenvalue weighted by Gasteiger charge is -2.21. The fraction of sp³-hybridized carbons (Fsp3) is 0.857. The Kier molecular flexibility index (Phi) is 17.6. The highest BCUT2D eigenvalue weighted by Crippen LogP contribution is 2.24. The molecular formula is C28H50O7. The molecular weight excluding hydrogens is 448 g/mol. The quantitative estimate of drug-likeness (QED) is 0.0955. The zero-order valence-corrected chi connectivity index (χ0v) is 21.9. The van der Waals surface area contributed by atoms with Crippen LogP contribution in [0.15, 0.2) is 11.5 Å². The summed E-state index contributed by atoms with van der Waals surface area (Å²) in [4.78, 5) is 23.3. The number of rotatable bonds is 23. The molecule has 35 heavy (non-hydrogen) atoms. The first-order valence-electron chi connectivity index (χ1n) is 14.1. The maximum absolute atomic E-state index is 12.1. The Morgan fingerprint density at radius 1 is 0.714 bits per heavy atom. The van der Waals surface area contributed by atoms with Crippen LogP contribution in [0, 0.1) is 0 Å². The molecule has 4 N–H and O–H groups in total. The highest BCUT2D eigenvalue weighted by Gasteiger charge is 2.43. The molecule has 0 aromatic carbocycles. The summed E-state index contributed by atoms with van der Waals surface area (Å²) >= 11 is 0. The minimum atomic E-state index is -1.81. The molecule has 0 saturated carbocycles. The lowest BCUT2D eigenvalue weighted by Crippen LogP contribution is -2.43. The second-order valence-electron chi connectivity index (χ2n) is 10.1. The highest BCUT2D eigenvalue weighted by molar-refractivity contribution is 5.89. The van der Waals surface area contributed by atoms with Gasteiger partial charge in [-0.05, 0) is 6.42 Å². The van der Waals surface area contributed by atoms with E-state index in [0.717, 1.165) is 19.3 Å². The Morgan fingerprint density at radius 2 is 1.09 bits per heavy atom. The van der Waals surface area contributed by atoms with E-state index in [1.807, 2.05) is 0 Å². The molecule has 7 heteroatoms. The van der Waals surface area contributed by atoms with Crippen molar-refractivity contribution in [2.45, 2.75) is 154 Å². The van der Waals surface area contributed by atoms with Gasteiger partial charge in [-0.1, -0.05) is 122 Å². The van der Waals surface area contributed by atoms with Crippen LogP contribution in [-0.2, 0) is 14.3 Å². The minimum Gasteiger partial charge on any atom is -0.505 e. The van der Waals surface area contributed by atoms with Crippen molar-refractivity contribution < 1.29 is 34.8 Å². The molecule has 1 heterocycles. The lowest BCUT2D eigenvalue weighted by atomic mass is 9.98. The second kappa shape index (κ2) is 19.6. The number of esters is 1. The van der Waals surface area contributed by atoms with Crippen LogP contribution in [0.25, 0.3) is 0 Å². The molecule has 1 rings (SSSR count). The van der Waals surface area contributed by atoms with E-state index in [2.05, 4.69) is 11.7 Å². The number of cyclic esters (lactones) is 1. The molecule has 0 aromatic rings. The number of aliphatic hydroxyl groups is 4. The monoisotopic (exact) mass is 498 g/mol. The van der Waals surface area contributed by atoms with Crippen LogP contribution in [0.2, 0.25) is 0 Å². The summed E-state index contributed by atoms with van der Waals surface area (Å²) in [5, 5.41) is 38.8. The first kappa shape index (κ1) is 31.4. The van der Waals surface area contributed by atoms with Crippen LogP contribution in [0.5, 0.6) is 0 Å². The standard InChI is InChI=1S/C28H50O7/c1-2-3-4-5-6-7-8-9-10-11-12-13-14-15-16-17-18-19-20-21-22(29)23(30)24(31)27-25(32)26(33)28(34)35-27/h23-24,27,30-33H,2-21H2,1H3/t23?,24-,27+/m0/s1. The van der Waals surface area contributed by atoms with E-state index in [-0.39, 0.29) is 6.42 Å². The molecule has 1 unspecified atom stereocenters. The average molecular weight is 499 g/mol. The van der Waals surface area contributed by atoms with E-state index in [4.69, 9.17) is 0 Å². The number of hydrogen-bond acceptors (Lipinski definition) is 7. The number of hydrogen-bond donors (Lipinski definition) is 4. The summed E-state index contributed by atoms with van der Waals surface area (Å²) in [6.45, 7) is 2.26. The molecule has 0 radical (unpaired) electrons. The number of Topliss-reactive ketones (excluding diaryl/α,β-unsaturated/α-hetero) is 1. The van der Waals surface area contributed by atoms with Crippen LogP contribution >= 0.6 is 0 Å². The summed E-state index contributed by atoms with van der Waals surface area (Å²) in [6, 6.07) is 0. The average Bonchev–Trinajstić information content (AvgIpc) is 3.11. The topological polar surface area (TPSA) is 124 Å². The molecule has 0 amide bonds. The smallest absolute Gasteiger partial charge is 0.377 e. The van der Waals surface area contributed by atoms with Gasteiger partial charge in [-0.2, -0.15) is 0 Å². The van der Waals surface area contributed by atoms with Gasteiger partial charge in [0.25, 0.3) is 0 Å². The van der Waals surface area contributed by atoms with Crippen LogP contribution in [0.3, 0.4) is 0 Å². The molecule has 1 aliphatic heterocycles. The Bertz CT molecular complexity index is 616. The minimum absolute atomic E-state index is 0.105. The van der Waals surface area contributed by atoms with Gasteiger partial charge in [-0.25, -0.2) is 4.79 Å². The van der Waals surface area contributed by atoms with Crippen LogP contribution in [0.1, 0.15) is 135 Å². The Labute approximate surface area is 212 Å². The molecule has 0 aliphatic carbocycles. The number of aliphatic hydroxyl groups excluding tert-OH is 4. The Balaban J connectivity index is 1.89. The van der Waals surface area contributed by atoms with E-state index in [1.54, 1.807) is 0 Å². The largest absolute Gasteiger partial charge is 0.505 e. The van der Waals surface area contributed by atoms with Crippen molar-refractivity contribution in [3.05, 3.63) is 11.5 Å². The van der Waals surface area contributed by atoms with Crippen LogP contribution in [0.4, 0.5) is 0 Å². The van der Waals surface area contributed by atoms with Gasteiger partial charge in [0.15, 0.2) is 17.6 Å². The van der Waals surface area contributed by atoms with Gasteiger partial charge in [0.2, 0.25) is 5.76 Å². The summed E-state index contributed by atoms with van der Waals surface area (Å²) in [5.74, 6) is -3.63. The predicted octanol–water partition coefficient (Wildman–Crippen LogP) is 6.35. The van der Waals surface area contributed by atoms with Crippen molar-refractivity contribution in [2.75, 3.05) is 0 Å². The van der Waals surface area contributed by atoms with E-state index in [1.165, 1.54) is 96.3 Å². The number of ether oxygens (including phenoxy) is 1. The SMILES string of the molecule is CCCCCCCCCCCCCCCCCCCCCC(=O)C(O)[C@H](O)[C@H]1OC(=O)C(O)=C1O. The second-order valence-corrected chi connectivity index (χ2v) is 10.1. The van der Waals surface area contributed by atoms with Crippen LogP contribution in [-0.4, -0.2) is 50.5 Å². The molecule has 0 fully saturated rings. The summed E-state index contributed by atoms with van der Waals surface area (Å²) in [7, 11) is 0. The van der Waals surface area contributed by atoms with Crippen LogP contribution < -0.4 is 0 Å². The van der Waals surface area contributed by atoms with Gasteiger partial charge in [-0.3, -0.25) is 4.79 Å². The molecule has 0 aromatic heterocycles. The molecule has 0 saturated heterocycles. The third-order valence-electron chi connectivity index (χ3n) is 6.93. The fourth-order valence-electron chi connectivity index (χ4n) is 4.58. The Morgan fingerprint density at radius 3 is 1.43 bits per heavy atom. The predicted molar refractivity (Wildman–Crippen MR) is 137 cm³/mol. The van der Waals surface area contributed by atoms with E-state index < -0.39 is 41.6 Å². The maximum Gasteiger partial charge on any atom is 0.377 e. The first-order chi connectivity index (χ1) is 16.9. The lowest BCUT2D eigenvalue weighted by molar-refractivity contribution is -0.154. The normalized spacial score (nSPS) is 17.6. The van der Waals surface area contributed by atoms with Gasteiger partial charge in [0.05, 0.1) is 0 Å². The van der Waals surface area contributed by atoms with Gasteiger partial charge in [0.1, 0.15) is 12.2 Å². The Hall–Kier alpha value is -1.60. The number of ketones is 1. The first-order valence-corrected chi connectivity index (χ1v) is 14.1. The summed E-state index contributed by atoms with van der Waals surface area (Å²) in [5.41, 5.74) is 0. The summed E-state index contributed by atoms with van der Waals surface area (Å²) < 4.78 is 4.59. The van der Waals surface area contributed by atoms with Crippen molar-refractivity contribution in [1.82, 2.24) is 0 Å². The van der Waals surface area contributed by atoms with Crippen molar-refractivity contribution >= 4 is 11.8 Å². The third kappa shape index (κ3) is 13.3. The molecule has 0 bridgehead atoms.